The molecule has 2 rings (SSSR count). The van der Waals surface area contributed by atoms with E-state index in [0.29, 0.717) is 11.8 Å². The van der Waals surface area contributed by atoms with Crippen LogP contribution in [0.4, 0.5) is 0 Å². The third-order valence-corrected chi connectivity index (χ3v) is 4.04. The van der Waals surface area contributed by atoms with E-state index in [4.69, 9.17) is 13.9 Å². The van der Waals surface area contributed by atoms with Crippen LogP contribution in [0.5, 0.6) is 0 Å². The van der Waals surface area contributed by atoms with Crippen LogP contribution < -0.4 is 0 Å². The molecule has 0 amide bonds. The van der Waals surface area contributed by atoms with Gasteiger partial charge in [-0.25, -0.2) is 0 Å². The molecule has 4 atom stereocenters. The summed E-state index contributed by atoms with van der Waals surface area (Å²) in [5.41, 5.74) is 0. The summed E-state index contributed by atoms with van der Waals surface area (Å²) in [5.74, 6) is 1.26. The quantitative estimate of drug-likeness (QED) is 0.663. The lowest BCUT2D eigenvalue weighted by molar-refractivity contribution is -0.234. The third-order valence-electron chi connectivity index (χ3n) is 3.77. The van der Waals surface area contributed by atoms with Crippen molar-refractivity contribution in [2.45, 2.75) is 45.0 Å². The molecule has 0 aromatic carbocycles. The molecule has 2 aliphatic heterocycles. The van der Waals surface area contributed by atoms with E-state index in [1.807, 2.05) is 0 Å². The summed E-state index contributed by atoms with van der Waals surface area (Å²) in [5, 5.41) is 0. The highest BCUT2D eigenvalue weighted by molar-refractivity contribution is 5.98. The van der Waals surface area contributed by atoms with Crippen molar-refractivity contribution in [1.82, 2.24) is 0 Å². The predicted molar refractivity (Wildman–Crippen MR) is 57.7 cm³/mol. The Kier molecular flexibility index (Phi) is 3.82. The molecular formula is C11H19O3Si. The second-order valence-corrected chi connectivity index (χ2v) is 4.75. The van der Waals surface area contributed by atoms with Crippen LogP contribution >= 0.6 is 0 Å². The molecule has 0 aromatic rings. The summed E-state index contributed by atoms with van der Waals surface area (Å²) in [6, 6.07) is 0. The first-order valence-corrected chi connectivity index (χ1v) is 6.28. The molecule has 0 N–H and O–H groups in total. The van der Waals surface area contributed by atoms with E-state index < -0.39 is 0 Å². The number of hydrogen-bond donors (Lipinski definition) is 0. The van der Waals surface area contributed by atoms with E-state index >= 15 is 0 Å². The second-order valence-electron chi connectivity index (χ2n) is 4.52. The molecule has 3 radical (unpaired) electrons. The van der Waals surface area contributed by atoms with E-state index in [1.54, 1.807) is 0 Å². The Balaban J connectivity index is 1.92. The van der Waals surface area contributed by atoms with E-state index in [0.717, 1.165) is 26.1 Å². The van der Waals surface area contributed by atoms with Crippen molar-refractivity contribution in [2.24, 2.45) is 11.8 Å². The average Bonchev–Trinajstić information content (AvgIpc) is 2.14. The SMILES string of the molecule is CCC1COC1C(O[Si])C1OCC1CC. The van der Waals surface area contributed by atoms with Gasteiger partial charge < -0.3 is 13.9 Å². The monoisotopic (exact) mass is 227 g/mol. The van der Waals surface area contributed by atoms with E-state index in [2.05, 4.69) is 24.3 Å². The van der Waals surface area contributed by atoms with Crippen LogP contribution in [0.15, 0.2) is 0 Å². The molecule has 4 heteroatoms. The van der Waals surface area contributed by atoms with Crippen molar-refractivity contribution >= 4 is 10.5 Å². The van der Waals surface area contributed by atoms with E-state index in [1.165, 1.54) is 0 Å². The van der Waals surface area contributed by atoms with Crippen LogP contribution in [0, 0.1) is 11.8 Å². The summed E-state index contributed by atoms with van der Waals surface area (Å²) in [6.07, 6.45) is 2.79. The lowest BCUT2D eigenvalue weighted by Gasteiger charge is -2.49. The lowest BCUT2D eigenvalue weighted by Crippen LogP contribution is -2.59. The largest absolute Gasteiger partial charge is 0.410 e. The summed E-state index contributed by atoms with van der Waals surface area (Å²) >= 11 is 0. The molecule has 4 unspecified atom stereocenters. The Labute approximate surface area is 95.0 Å². The predicted octanol–water partition coefficient (Wildman–Crippen LogP) is 1.31. The van der Waals surface area contributed by atoms with Gasteiger partial charge in [0.15, 0.2) is 0 Å². The van der Waals surface area contributed by atoms with Crippen molar-refractivity contribution in [3.63, 3.8) is 0 Å². The van der Waals surface area contributed by atoms with Gasteiger partial charge in [0.25, 0.3) is 0 Å². The average molecular weight is 227 g/mol. The summed E-state index contributed by atoms with van der Waals surface area (Å²) in [4.78, 5) is 0. The zero-order valence-corrected chi connectivity index (χ0v) is 10.4. The maximum Gasteiger partial charge on any atom is 0.246 e. The zero-order valence-electron chi connectivity index (χ0n) is 9.44. The first-order valence-electron chi connectivity index (χ1n) is 5.87. The van der Waals surface area contributed by atoms with Crippen molar-refractivity contribution in [3.05, 3.63) is 0 Å². The van der Waals surface area contributed by atoms with Gasteiger partial charge in [-0.2, -0.15) is 0 Å². The molecule has 0 spiro atoms. The van der Waals surface area contributed by atoms with Gasteiger partial charge in [-0.1, -0.05) is 13.8 Å². The van der Waals surface area contributed by atoms with Gasteiger partial charge >= 0.3 is 0 Å². The van der Waals surface area contributed by atoms with Crippen molar-refractivity contribution < 1.29 is 13.9 Å². The maximum atomic E-state index is 5.60. The Morgan fingerprint density at radius 3 is 1.80 bits per heavy atom. The Hall–Kier alpha value is 0.0969. The minimum atomic E-state index is 0.0547. The highest BCUT2D eigenvalue weighted by Gasteiger charge is 2.47. The van der Waals surface area contributed by atoms with Crippen LogP contribution in [-0.2, 0) is 13.9 Å². The van der Waals surface area contributed by atoms with Crippen molar-refractivity contribution in [2.75, 3.05) is 13.2 Å². The molecule has 2 saturated heterocycles. The Bertz CT molecular complexity index is 188. The van der Waals surface area contributed by atoms with Crippen LogP contribution in [0.1, 0.15) is 26.7 Å². The molecular weight excluding hydrogens is 208 g/mol. The Morgan fingerprint density at radius 1 is 1.13 bits per heavy atom. The van der Waals surface area contributed by atoms with E-state index in [-0.39, 0.29) is 18.3 Å². The second kappa shape index (κ2) is 4.95. The number of rotatable bonds is 5. The van der Waals surface area contributed by atoms with E-state index in [9.17, 15) is 0 Å². The smallest absolute Gasteiger partial charge is 0.246 e. The first-order chi connectivity index (χ1) is 7.31. The minimum Gasteiger partial charge on any atom is -0.410 e. The molecule has 85 valence electrons. The maximum absolute atomic E-state index is 5.60. The van der Waals surface area contributed by atoms with Gasteiger partial charge in [0.1, 0.15) is 0 Å². The molecule has 0 bridgehead atoms. The van der Waals surface area contributed by atoms with Crippen molar-refractivity contribution in [3.8, 4) is 0 Å². The summed E-state index contributed by atoms with van der Waals surface area (Å²) in [7, 11) is 3.17. The highest BCUT2D eigenvalue weighted by Crippen LogP contribution is 2.36. The molecule has 15 heavy (non-hydrogen) atoms. The van der Waals surface area contributed by atoms with Crippen LogP contribution in [0.25, 0.3) is 0 Å². The van der Waals surface area contributed by atoms with Gasteiger partial charge in [0, 0.05) is 11.8 Å². The molecule has 2 fully saturated rings. The minimum absolute atomic E-state index is 0.0547. The van der Waals surface area contributed by atoms with Crippen LogP contribution in [-0.4, -0.2) is 42.0 Å². The Morgan fingerprint density at radius 2 is 1.60 bits per heavy atom. The molecule has 0 aliphatic carbocycles. The van der Waals surface area contributed by atoms with Crippen molar-refractivity contribution in [1.29, 1.82) is 0 Å². The number of hydrogen-bond acceptors (Lipinski definition) is 3. The summed E-state index contributed by atoms with van der Waals surface area (Å²) < 4.78 is 16.6. The normalized spacial score (nSPS) is 41.8. The molecule has 2 heterocycles. The first kappa shape index (κ1) is 11.6. The molecule has 0 aromatic heterocycles. The van der Waals surface area contributed by atoms with Gasteiger partial charge in [-0.15, -0.1) is 0 Å². The fourth-order valence-electron chi connectivity index (χ4n) is 2.43. The van der Waals surface area contributed by atoms with Gasteiger partial charge in [0.05, 0.1) is 31.5 Å². The fraction of sp³-hybridized carbons (Fsp3) is 1.00. The molecule has 2 aliphatic rings. The molecule has 3 nitrogen and oxygen atoms in total. The standard InChI is InChI=1S/C11H19O3Si/c1-3-7-5-12-9(7)11(14-15)10-8(4-2)6-13-10/h7-11H,3-6H2,1-2H3. The fourth-order valence-corrected chi connectivity index (χ4v) is 2.70. The zero-order chi connectivity index (χ0) is 10.8. The number of ether oxygens (including phenoxy) is 2. The summed E-state index contributed by atoms with van der Waals surface area (Å²) in [6.45, 7) is 6.14. The van der Waals surface area contributed by atoms with Gasteiger partial charge in [-0.3, -0.25) is 0 Å². The van der Waals surface area contributed by atoms with Gasteiger partial charge in [0.2, 0.25) is 10.5 Å². The van der Waals surface area contributed by atoms with Crippen LogP contribution in [0.2, 0.25) is 0 Å². The third kappa shape index (κ3) is 2.00. The van der Waals surface area contributed by atoms with Crippen LogP contribution in [0.3, 0.4) is 0 Å². The lowest BCUT2D eigenvalue weighted by atomic mass is 9.82. The highest BCUT2D eigenvalue weighted by atomic mass is 28.2. The molecule has 0 saturated carbocycles. The van der Waals surface area contributed by atoms with Gasteiger partial charge in [-0.05, 0) is 12.8 Å². The topological polar surface area (TPSA) is 27.7 Å².